The second-order valence-electron chi connectivity index (χ2n) is 16.4. The number of hydrogen-bond acceptors (Lipinski definition) is 18. The molecule has 22 heteroatoms. The van der Waals surface area contributed by atoms with E-state index in [1.807, 2.05) is 24.3 Å². The molecule has 11 rings (SSSR count). The highest BCUT2D eigenvalue weighted by molar-refractivity contribution is 5.97. The van der Waals surface area contributed by atoms with Gasteiger partial charge in [-0.15, -0.1) is 0 Å². The fourth-order valence-electron chi connectivity index (χ4n) is 8.50. The molecule has 0 saturated carbocycles. The first kappa shape index (κ1) is 50.0. The Morgan fingerprint density at radius 2 is 1.60 bits per heavy atom. The molecule has 0 unspecified atom stereocenters. The standard InChI is InChI=1S/C20H19NO4.C10H13N5O4.C10H9NO3.C10H10O4/c1-23-18-5-4-12-8-16-14-10-19(24-2)17(22)9-13(14)6-7-21(16)11-15(12)20(18)25-3;11-8-5-9(13-2-12-8)15(3-14-5)10-7(18)6(17)4(1-16)19-10;12-10-7-4-9-8(13-5-14-9)3-6(7)1-2-11-10;1-14-9-6-7(2-4-8(9)11)3-5-10(12)13/h4-5,8-11H,6-7H2,1-3H3;2-4,6-7,10,16-18H,1H2,(H2,11,12,13);3-4H,1-2,5H2,(H,11,12);2-6,11H,1H3,(H,12,13)/p+1/b;;;5-3+/t;4-,6-,7-,10-;;/m.1../s1. The Bertz CT molecular complexity index is 3180. The molecule has 1 saturated heterocycles. The summed E-state index contributed by atoms with van der Waals surface area (Å²) in [7, 11) is 6.30. The van der Waals surface area contributed by atoms with Gasteiger partial charge in [0, 0.05) is 30.7 Å². The normalized spacial score (nSPS) is 18.0. The maximum absolute atomic E-state index is 11.5. The molecule has 0 spiro atoms. The van der Waals surface area contributed by atoms with Gasteiger partial charge in [-0.1, -0.05) is 6.07 Å². The zero-order chi connectivity index (χ0) is 51.2. The summed E-state index contributed by atoms with van der Waals surface area (Å²) < 4.78 is 40.6. The largest absolute Gasteiger partial charge is 0.504 e. The molecular formula is C50H52N7O15+. The first-order chi connectivity index (χ1) is 34.8. The zero-order valence-electron chi connectivity index (χ0n) is 39.4. The summed E-state index contributed by atoms with van der Waals surface area (Å²) in [6.07, 6.45) is 4.83. The number of phenolic OH excluding ortho intramolecular Hbond substituents is 2. The number of aryl methyl sites for hydroxylation is 2. The van der Waals surface area contributed by atoms with Gasteiger partial charge in [-0.25, -0.2) is 19.7 Å². The van der Waals surface area contributed by atoms with Gasteiger partial charge in [0.05, 0.1) is 52.3 Å². The lowest BCUT2D eigenvalue weighted by Crippen LogP contribution is -2.40. The number of aromatic nitrogens is 5. The Labute approximate surface area is 410 Å². The zero-order valence-corrected chi connectivity index (χ0v) is 39.4. The number of ether oxygens (including phenoxy) is 7. The molecule has 376 valence electrons. The average Bonchev–Trinajstić information content (AvgIpc) is 4.12. The number of benzene rings is 4. The predicted octanol–water partition coefficient (Wildman–Crippen LogP) is 3.30. The Kier molecular flexibility index (Phi) is 15.0. The second-order valence-corrected chi connectivity index (χ2v) is 16.4. The monoisotopic (exact) mass is 990 g/mol. The molecule has 3 aromatic heterocycles. The van der Waals surface area contributed by atoms with Crippen molar-refractivity contribution in [2.45, 2.75) is 43.9 Å². The number of nitrogens with zero attached hydrogens (tertiary/aromatic N) is 5. The lowest BCUT2D eigenvalue weighted by atomic mass is 9.95. The summed E-state index contributed by atoms with van der Waals surface area (Å²) >= 11 is 0. The molecule has 7 aromatic rings. The highest BCUT2D eigenvalue weighted by Gasteiger charge is 2.44. The van der Waals surface area contributed by atoms with Gasteiger partial charge >= 0.3 is 5.97 Å². The number of anilines is 1. The number of carboxylic acids is 1. The molecule has 0 radical (unpaired) electrons. The van der Waals surface area contributed by atoms with Gasteiger partial charge < -0.3 is 74.8 Å². The first-order valence-electron chi connectivity index (χ1n) is 22.3. The summed E-state index contributed by atoms with van der Waals surface area (Å²) in [5, 5.41) is 61.3. The minimum atomic E-state index is -1.19. The number of imidazole rings is 1. The molecule has 4 atom stereocenters. The average molecular weight is 991 g/mol. The number of nitrogen functional groups attached to an aromatic ring is 1. The number of carbonyl (C=O) groups is 2. The molecule has 4 aromatic carbocycles. The fourth-order valence-corrected chi connectivity index (χ4v) is 8.50. The molecule has 72 heavy (non-hydrogen) atoms. The highest BCUT2D eigenvalue weighted by atomic mass is 16.7. The molecule has 9 N–H and O–H groups in total. The van der Waals surface area contributed by atoms with E-state index in [2.05, 4.69) is 37.1 Å². The van der Waals surface area contributed by atoms with Crippen LogP contribution >= 0.6 is 0 Å². The van der Waals surface area contributed by atoms with Crippen LogP contribution in [0.2, 0.25) is 0 Å². The summed E-state index contributed by atoms with van der Waals surface area (Å²) in [5.74, 6) is 3.07. The number of amides is 1. The lowest BCUT2D eigenvalue weighted by Gasteiger charge is -2.18. The van der Waals surface area contributed by atoms with Gasteiger partial charge in [0.2, 0.25) is 12.5 Å². The maximum Gasteiger partial charge on any atom is 0.328 e. The summed E-state index contributed by atoms with van der Waals surface area (Å²) in [6, 6.07) is 18.0. The van der Waals surface area contributed by atoms with Crippen molar-refractivity contribution in [2.24, 2.45) is 0 Å². The van der Waals surface area contributed by atoms with E-state index in [-0.39, 0.29) is 30.0 Å². The first-order valence-corrected chi connectivity index (χ1v) is 22.3. The van der Waals surface area contributed by atoms with Crippen molar-refractivity contribution in [1.82, 2.24) is 24.8 Å². The number of aromatic hydroxyl groups is 2. The Morgan fingerprint density at radius 1 is 0.861 bits per heavy atom. The third-order valence-corrected chi connectivity index (χ3v) is 12.1. The van der Waals surface area contributed by atoms with Gasteiger partial charge in [-0.3, -0.25) is 9.36 Å². The number of aliphatic carboxylic acids is 1. The lowest BCUT2D eigenvalue weighted by molar-refractivity contribution is -0.686. The topological polar surface area (TPSA) is 306 Å². The van der Waals surface area contributed by atoms with Gasteiger partial charge in [0.15, 0.2) is 76.4 Å². The van der Waals surface area contributed by atoms with Crippen LogP contribution in [0.15, 0.2) is 85.6 Å². The van der Waals surface area contributed by atoms with Crippen molar-refractivity contribution >= 4 is 45.7 Å². The maximum atomic E-state index is 11.5. The predicted molar refractivity (Wildman–Crippen MR) is 257 cm³/mol. The number of carboxylic acid groups (broad SMARTS) is 1. The number of rotatable bonds is 8. The minimum Gasteiger partial charge on any atom is -0.504 e. The summed E-state index contributed by atoms with van der Waals surface area (Å²) in [4.78, 5) is 33.6. The number of aliphatic hydroxyl groups is 3. The van der Waals surface area contributed by atoms with Gasteiger partial charge in [0.25, 0.3) is 5.91 Å². The molecule has 4 aliphatic rings. The van der Waals surface area contributed by atoms with E-state index in [1.165, 1.54) is 36.5 Å². The molecule has 7 heterocycles. The van der Waals surface area contributed by atoms with E-state index in [0.29, 0.717) is 46.1 Å². The van der Waals surface area contributed by atoms with Crippen LogP contribution in [0.1, 0.15) is 33.3 Å². The number of phenols is 2. The van der Waals surface area contributed by atoms with Crippen molar-refractivity contribution in [3.63, 3.8) is 0 Å². The fraction of sp³-hybridized carbons (Fsp3) is 0.280. The van der Waals surface area contributed by atoms with Crippen LogP contribution in [0.3, 0.4) is 0 Å². The third-order valence-electron chi connectivity index (χ3n) is 12.1. The van der Waals surface area contributed by atoms with E-state index in [9.17, 15) is 30.0 Å². The van der Waals surface area contributed by atoms with Gasteiger partial charge in [-0.2, -0.15) is 4.57 Å². The molecule has 0 aliphatic carbocycles. The van der Waals surface area contributed by atoms with E-state index < -0.39 is 37.1 Å². The summed E-state index contributed by atoms with van der Waals surface area (Å²) in [6.45, 7) is 1.40. The van der Waals surface area contributed by atoms with Gasteiger partial charge in [0.1, 0.15) is 30.2 Å². The third kappa shape index (κ3) is 10.2. The number of fused-ring (bicyclic) bond motifs is 7. The van der Waals surface area contributed by atoms with Crippen LogP contribution in [0, 0.1) is 0 Å². The minimum absolute atomic E-state index is 0.0236. The second kappa shape index (κ2) is 21.7. The van der Waals surface area contributed by atoms with Crippen molar-refractivity contribution < 1.29 is 78.0 Å². The number of aliphatic hydroxyl groups excluding tert-OH is 3. The van der Waals surface area contributed by atoms with E-state index in [1.54, 1.807) is 45.6 Å². The molecule has 22 nitrogen and oxygen atoms in total. The Morgan fingerprint density at radius 3 is 2.31 bits per heavy atom. The number of hydrogen-bond donors (Lipinski definition) is 8. The van der Waals surface area contributed by atoms with Crippen molar-refractivity contribution in [3.8, 4) is 57.3 Å². The molecular weight excluding hydrogens is 939 g/mol. The smallest absolute Gasteiger partial charge is 0.328 e. The van der Waals surface area contributed by atoms with Crippen molar-refractivity contribution in [1.29, 1.82) is 0 Å². The number of nitrogens with two attached hydrogens (primary N) is 1. The van der Waals surface area contributed by atoms with Gasteiger partial charge in [-0.05, 0) is 83.1 Å². The van der Waals surface area contributed by atoms with Crippen LogP contribution in [0.4, 0.5) is 5.82 Å². The van der Waals surface area contributed by atoms with E-state index in [4.69, 9.17) is 49.1 Å². The van der Waals surface area contributed by atoms with E-state index in [0.717, 1.165) is 75.9 Å². The van der Waals surface area contributed by atoms with Crippen LogP contribution in [-0.4, -0.2) is 129 Å². The van der Waals surface area contributed by atoms with E-state index >= 15 is 0 Å². The number of pyridine rings is 1. The van der Waals surface area contributed by atoms with Crippen LogP contribution in [-0.2, 0) is 28.9 Å². The van der Waals surface area contributed by atoms with Crippen LogP contribution in [0.25, 0.3) is 39.3 Å². The van der Waals surface area contributed by atoms with Crippen LogP contribution in [0.5, 0.6) is 46.0 Å². The number of methoxy groups -OCH3 is 4. The summed E-state index contributed by atoms with van der Waals surface area (Å²) in [5.41, 5.74) is 12.1. The Hall–Kier alpha value is -8.44. The number of nitrogens with one attached hydrogen (secondary N) is 1. The highest BCUT2D eigenvalue weighted by Crippen LogP contribution is 2.40. The quantitative estimate of drug-likeness (QED) is 0.0800. The van der Waals surface area contributed by atoms with Crippen molar-refractivity contribution in [3.05, 3.63) is 108 Å². The molecule has 0 bridgehead atoms. The van der Waals surface area contributed by atoms with Crippen molar-refractivity contribution in [2.75, 3.05) is 54.1 Å². The molecule has 1 amide bonds. The van der Waals surface area contributed by atoms with Crippen LogP contribution < -0.4 is 44.0 Å². The SMILES string of the molecule is COc1cc(/C=C/C(=O)O)ccc1O.COc1cc2c(cc1O)CC[n+]1cc3c(OC)c(OC)ccc3cc1-2.Nc1ncnc2c1ncn2[C@@H]1O[C@H](CO)[C@@H](O)[C@H]1O.O=C1NCCc2cc3c(cc21)OCO3. The molecule has 1 fully saturated rings. The number of carbonyl (C=O) groups excluding carboxylic acids is 1. The Balaban J connectivity index is 0.000000132. The molecule has 4 aliphatic heterocycles.